The van der Waals surface area contributed by atoms with Crippen molar-refractivity contribution in [1.82, 2.24) is 40.9 Å². The molecular formula is C60H96N8. The summed E-state index contributed by atoms with van der Waals surface area (Å²) in [5.74, 6) is 0. The van der Waals surface area contributed by atoms with Gasteiger partial charge in [-0.2, -0.15) is 0 Å². The summed E-state index contributed by atoms with van der Waals surface area (Å²) in [4.78, 5) is 11.4. The van der Waals surface area contributed by atoms with E-state index in [1.807, 2.05) is 0 Å². The fraction of sp³-hybridized carbons (Fsp3) is 0.600. The van der Waals surface area contributed by atoms with E-state index in [9.17, 15) is 0 Å². The zero-order valence-electron chi connectivity index (χ0n) is 42.8. The maximum absolute atomic E-state index is 3.68. The first kappa shape index (κ1) is 55.5. The number of benzene rings is 4. The second kappa shape index (κ2) is 38.3. The predicted molar refractivity (Wildman–Crippen MR) is 292 cm³/mol. The largest absolute Gasteiger partial charge is 0.313 e. The van der Waals surface area contributed by atoms with E-state index >= 15 is 0 Å². The molecule has 0 saturated carbocycles. The zero-order valence-corrected chi connectivity index (χ0v) is 42.8. The number of hydrogen-bond acceptors (Lipinski definition) is 8. The molecule has 8 heteroatoms. The van der Waals surface area contributed by atoms with Gasteiger partial charge < -0.3 is 40.9 Å². The highest BCUT2D eigenvalue weighted by molar-refractivity contribution is 5.16. The smallest absolute Gasteiger partial charge is 0.0205 e. The molecule has 0 atom stereocenters. The SMILES string of the molecule is c1ccc(CNCCCCCN2CCCN(CCCCCNCc3ccccc3)CCCN(CCCCCNCc3ccccc3)CCCN(CCCCCNCc3ccccc3)CCC2)cc1. The first-order valence-corrected chi connectivity index (χ1v) is 27.7. The van der Waals surface area contributed by atoms with Crippen molar-refractivity contribution in [2.24, 2.45) is 0 Å². The number of nitrogens with one attached hydrogen (secondary N) is 4. The third-order valence-corrected chi connectivity index (χ3v) is 13.8. The van der Waals surface area contributed by atoms with Crippen LogP contribution in [0.1, 0.15) is 125 Å². The van der Waals surface area contributed by atoms with E-state index in [-0.39, 0.29) is 0 Å². The summed E-state index contributed by atoms with van der Waals surface area (Å²) in [5, 5.41) is 14.7. The van der Waals surface area contributed by atoms with Crippen molar-refractivity contribution in [1.29, 1.82) is 0 Å². The topological polar surface area (TPSA) is 61.1 Å². The summed E-state index contributed by atoms with van der Waals surface area (Å²) in [6.07, 6.45) is 20.6. The molecule has 1 saturated heterocycles. The molecule has 4 aromatic carbocycles. The van der Waals surface area contributed by atoms with Gasteiger partial charge in [-0.1, -0.05) is 147 Å². The van der Waals surface area contributed by atoms with Crippen LogP contribution in [0.5, 0.6) is 0 Å². The zero-order chi connectivity index (χ0) is 47.0. The van der Waals surface area contributed by atoms with Crippen LogP contribution in [0.2, 0.25) is 0 Å². The number of rotatable bonds is 32. The van der Waals surface area contributed by atoms with Crippen molar-refractivity contribution in [3.63, 3.8) is 0 Å². The third-order valence-electron chi connectivity index (χ3n) is 13.8. The molecule has 4 aromatic rings. The fourth-order valence-electron chi connectivity index (χ4n) is 9.78. The molecule has 0 amide bonds. The summed E-state index contributed by atoms with van der Waals surface area (Å²) in [5.41, 5.74) is 5.52. The second-order valence-corrected chi connectivity index (χ2v) is 19.7. The molecule has 0 spiro atoms. The molecule has 8 nitrogen and oxygen atoms in total. The maximum atomic E-state index is 3.68. The molecule has 0 aromatic heterocycles. The van der Waals surface area contributed by atoms with Crippen LogP contribution < -0.4 is 21.3 Å². The standard InChI is InChI=1S/C60H96N8/c1-9-29-57(30-10-1)53-61-37-17-5-21-41-65-45-25-47-66(42-22-6-18-38-62-54-58-31-11-2-12-32-58)49-27-51-68(44-24-8-20-40-64-56-60-35-15-4-16-36-60)52-28-50-67(48-26-46-65)43-23-7-19-39-63-55-59-33-13-3-14-34-59/h1-4,9-16,29-36,61-64H,5-8,17-28,37-56H2. The molecule has 0 bridgehead atoms. The highest BCUT2D eigenvalue weighted by atomic mass is 15.2. The molecule has 0 aliphatic carbocycles. The number of nitrogens with zero attached hydrogens (tertiary/aromatic N) is 4. The molecule has 68 heavy (non-hydrogen) atoms. The van der Waals surface area contributed by atoms with Crippen molar-refractivity contribution in [2.75, 3.05) is 105 Å². The lowest BCUT2D eigenvalue weighted by Gasteiger charge is -2.30. The lowest BCUT2D eigenvalue weighted by atomic mass is 10.1. The Hall–Kier alpha value is -3.44. The summed E-state index contributed by atoms with van der Waals surface area (Å²) >= 11 is 0. The molecule has 1 aliphatic rings. The van der Waals surface area contributed by atoms with E-state index in [4.69, 9.17) is 0 Å². The van der Waals surface area contributed by atoms with Gasteiger partial charge in [-0.15, -0.1) is 0 Å². The summed E-state index contributed by atoms with van der Waals surface area (Å²) in [6, 6.07) is 43.3. The Kier molecular flexibility index (Phi) is 31.3. The van der Waals surface area contributed by atoms with Crippen molar-refractivity contribution < 1.29 is 0 Å². The van der Waals surface area contributed by atoms with Crippen LogP contribution >= 0.6 is 0 Å². The molecule has 5 rings (SSSR count). The molecular weight excluding hydrogens is 833 g/mol. The van der Waals surface area contributed by atoms with Gasteiger partial charge in [-0.05, 0) is 204 Å². The van der Waals surface area contributed by atoms with Gasteiger partial charge >= 0.3 is 0 Å². The van der Waals surface area contributed by atoms with Crippen molar-refractivity contribution >= 4 is 0 Å². The van der Waals surface area contributed by atoms with Gasteiger partial charge in [0, 0.05) is 26.2 Å². The summed E-state index contributed by atoms with van der Waals surface area (Å²) in [7, 11) is 0. The van der Waals surface area contributed by atoms with Gasteiger partial charge in [0.1, 0.15) is 0 Å². The van der Waals surface area contributed by atoms with E-state index in [2.05, 4.69) is 162 Å². The summed E-state index contributed by atoms with van der Waals surface area (Å²) < 4.78 is 0. The number of hydrogen-bond donors (Lipinski definition) is 4. The van der Waals surface area contributed by atoms with Crippen molar-refractivity contribution in [2.45, 2.75) is 129 Å². The predicted octanol–water partition coefficient (Wildman–Crippen LogP) is 10.6. The first-order valence-electron chi connectivity index (χ1n) is 27.7. The average molecular weight is 929 g/mol. The van der Waals surface area contributed by atoms with E-state index in [0.717, 1.165) is 52.4 Å². The van der Waals surface area contributed by atoms with Crippen LogP contribution in [0, 0.1) is 0 Å². The van der Waals surface area contributed by atoms with Crippen molar-refractivity contribution in [3.8, 4) is 0 Å². The second-order valence-electron chi connectivity index (χ2n) is 19.7. The monoisotopic (exact) mass is 929 g/mol. The Balaban J connectivity index is 1.09. The van der Waals surface area contributed by atoms with E-state index in [1.54, 1.807) is 0 Å². The van der Waals surface area contributed by atoms with E-state index in [1.165, 1.54) is 204 Å². The van der Waals surface area contributed by atoms with Crippen LogP contribution in [0.25, 0.3) is 0 Å². The Morgan fingerprint density at radius 2 is 0.456 bits per heavy atom. The maximum Gasteiger partial charge on any atom is 0.0205 e. The van der Waals surface area contributed by atoms with Gasteiger partial charge in [-0.3, -0.25) is 0 Å². The Morgan fingerprint density at radius 1 is 0.250 bits per heavy atom. The lowest BCUT2D eigenvalue weighted by molar-refractivity contribution is 0.178. The minimum atomic E-state index is 0.974. The van der Waals surface area contributed by atoms with Crippen LogP contribution in [0.3, 0.4) is 0 Å². The minimum Gasteiger partial charge on any atom is -0.313 e. The molecule has 1 heterocycles. The quantitative estimate of drug-likeness (QED) is 0.0362. The highest BCUT2D eigenvalue weighted by Crippen LogP contribution is 2.11. The fourth-order valence-corrected chi connectivity index (χ4v) is 9.78. The Bertz CT molecular complexity index is 1430. The first-order chi connectivity index (χ1) is 33.8. The molecule has 1 fully saturated rings. The Morgan fingerprint density at radius 3 is 0.662 bits per heavy atom. The van der Waals surface area contributed by atoms with Crippen LogP contribution in [0.15, 0.2) is 121 Å². The van der Waals surface area contributed by atoms with Crippen LogP contribution in [0.4, 0.5) is 0 Å². The van der Waals surface area contributed by atoms with Crippen LogP contribution in [-0.2, 0) is 26.2 Å². The highest BCUT2D eigenvalue weighted by Gasteiger charge is 2.14. The average Bonchev–Trinajstić information content (AvgIpc) is 3.37. The van der Waals surface area contributed by atoms with Crippen molar-refractivity contribution in [3.05, 3.63) is 144 Å². The van der Waals surface area contributed by atoms with E-state index < -0.39 is 0 Å². The molecule has 0 unspecified atom stereocenters. The molecule has 1 aliphatic heterocycles. The third kappa shape index (κ3) is 27.7. The van der Waals surface area contributed by atoms with Gasteiger partial charge in [0.25, 0.3) is 0 Å². The van der Waals surface area contributed by atoms with Gasteiger partial charge in [0.05, 0.1) is 0 Å². The van der Waals surface area contributed by atoms with E-state index in [0.29, 0.717) is 0 Å². The van der Waals surface area contributed by atoms with Gasteiger partial charge in [0.15, 0.2) is 0 Å². The summed E-state index contributed by atoms with van der Waals surface area (Å²) in [6.45, 7) is 23.1. The van der Waals surface area contributed by atoms with Gasteiger partial charge in [0.2, 0.25) is 0 Å². The normalized spacial score (nSPS) is 15.8. The molecule has 0 radical (unpaired) electrons. The Labute approximate surface area is 416 Å². The van der Waals surface area contributed by atoms with Crippen LogP contribution in [-0.4, -0.2) is 124 Å². The van der Waals surface area contributed by atoms with Gasteiger partial charge in [-0.25, -0.2) is 0 Å². The number of unbranched alkanes of at least 4 members (excludes halogenated alkanes) is 8. The lowest BCUT2D eigenvalue weighted by Crippen LogP contribution is -2.37. The molecule has 376 valence electrons. The minimum absolute atomic E-state index is 0.974. The molecule has 4 N–H and O–H groups in total.